The number of aromatic nitrogens is 2. The molecule has 0 spiro atoms. The van der Waals surface area contributed by atoms with Crippen LogP contribution in [0, 0.1) is 6.92 Å². The number of carbonyl (C=O) groups is 1. The molecule has 2 heterocycles. The van der Waals surface area contributed by atoms with E-state index >= 15 is 0 Å². The monoisotopic (exact) mass is 310 g/mol. The van der Waals surface area contributed by atoms with Gasteiger partial charge in [0.05, 0.1) is 11.9 Å². The largest absolute Gasteiger partial charge is 0.349 e. The van der Waals surface area contributed by atoms with Crippen LogP contribution in [0.2, 0.25) is 0 Å². The van der Waals surface area contributed by atoms with Crippen LogP contribution in [0.15, 0.2) is 36.7 Å². The van der Waals surface area contributed by atoms with E-state index in [9.17, 15) is 4.79 Å². The predicted octanol–water partition coefficient (Wildman–Crippen LogP) is 1.96. The van der Waals surface area contributed by atoms with Crippen LogP contribution in [0.25, 0.3) is 0 Å². The summed E-state index contributed by atoms with van der Waals surface area (Å²) in [5.41, 5.74) is 4.00. The van der Waals surface area contributed by atoms with Gasteiger partial charge < -0.3 is 5.32 Å². The van der Waals surface area contributed by atoms with E-state index in [1.165, 1.54) is 17.3 Å². The lowest BCUT2D eigenvalue weighted by atomic mass is 9.99. The Labute approximate surface area is 136 Å². The van der Waals surface area contributed by atoms with Gasteiger partial charge in [-0.1, -0.05) is 24.3 Å². The number of fused-ring (bicyclic) bond motifs is 1. The molecule has 0 saturated heterocycles. The number of hydrogen-bond acceptors (Lipinski definition) is 4. The van der Waals surface area contributed by atoms with E-state index in [0.717, 1.165) is 25.2 Å². The number of carbonyl (C=O) groups excluding carboxylic acids is 1. The molecule has 0 fully saturated rings. The standard InChI is InChI=1S/C18H22N4O/c1-13-9-20-17(11-19-13)18(23)21-10-14(2)22-8-7-15-5-3-4-6-16(15)12-22/h3-6,9,11,14H,7-8,10,12H2,1-2H3,(H,21,23)/t14-/m0/s1. The van der Waals surface area contributed by atoms with Crippen LogP contribution in [0.1, 0.15) is 34.2 Å². The second-order valence-corrected chi connectivity index (χ2v) is 6.09. The third-order valence-corrected chi connectivity index (χ3v) is 4.36. The summed E-state index contributed by atoms with van der Waals surface area (Å²) in [4.78, 5) is 22.7. The fourth-order valence-corrected chi connectivity index (χ4v) is 2.86. The zero-order chi connectivity index (χ0) is 16.2. The Morgan fingerprint density at radius 3 is 2.78 bits per heavy atom. The van der Waals surface area contributed by atoms with Gasteiger partial charge in [0.25, 0.3) is 5.91 Å². The molecule has 1 amide bonds. The lowest BCUT2D eigenvalue weighted by Crippen LogP contribution is -2.44. The second kappa shape index (κ2) is 6.87. The maximum absolute atomic E-state index is 12.1. The van der Waals surface area contributed by atoms with Gasteiger partial charge in [0.2, 0.25) is 0 Å². The molecular formula is C18H22N4O. The molecule has 0 unspecified atom stereocenters. The Hall–Kier alpha value is -2.27. The van der Waals surface area contributed by atoms with Crippen LogP contribution < -0.4 is 5.32 Å². The number of rotatable bonds is 4. The zero-order valence-electron chi connectivity index (χ0n) is 13.6. The fraction of sp³-hybridized carbons (Fsp3) is 0.389. The first kappa shape index (κ1) is 15.6. The van der Waals surface area contributed by atoms with Gasteiger partial charge in [-0.05, 0) is 31.4 Å². The highest BCUT2D eigenvalue weighted by atomic mass is 16.1. The van der Waals surface area contributed by atoms with Crippen molar-refractivity contribution >= 4 is 5.91 Å². The van der Waals surface area contributed by atoms with Crippen molar-refractivity contribution in [1.82, 2.24) is 20.2 Å². The molecule has 0 saturated carbocycles. The van der Waals surface area contributed by atoms with E-state index in [1.54, 1.807) is 6.20 Å². The third-order valence-electron chi connectivity index (χ3n) is 4.36. The van der Waals surface area contributed by atoms with E-state index < -0.39 is 0 Å². The number of nitrogens with zero attached hydrogens (tertiary/aromatic N) is 3. The van der Waals surface area contributed by atoms with E-state index in [-0.39, 0.29) is 11.9 Å². The van der Waals surface area contributed by atoms with E-state index in [1.807, 2.05) is 6.92 Å². The molecule has 1 aromatic heterocycles. The van der Waals surface area contributed by atoms with E-state index in [0.29, 0.717) is 12.2 Å². The molecular weight excluding hydrogens is 288 g/mol. The summed E-state index contributed by atoms with van der Waals surface area (Å²) >= 11 is 0. The van der Waals surface area contributed by atoms with Gasteiger partial charge >= 0.3 is 0 Å². The van der Waals surface area contributed by atoms with Crippen molar-refractivity contribution in [2.45, 2.75) is 32.9 Å². The highest BCUT2D eigenvalue weighted by molar-refractivity contribution is 5.91. The molecule has 0 radical (unpaired) electrons. The Morgan fingerprint density at radius 1 is 1.26 bits per heavy atom. The van der Waals surface area contributed by atoms with Gasteiger partial charge in [0.1, 0.15) is 5.69 Å². The van der Waals surface area contributed by atoms with Gasteiger partial charge in [-0.25, -0.2) is 4.98 Å². The van der Waals surface area contributed by atoms with E-state index in [2.05, 4.69) is 51.4 Å². The van der Waals surface area contributed by atoms with Gasteiger partial charge in [-0.3, -0.25) is 14.7 Å². The van der Waals surface area contributed by atoms with Crippen molar-refractivity contribution < 1.29 is 4.79 Å². The van der Waals surface area contributed by atoms with Gasteiger partial charge in [-0.15, -0.1) is 0 Å². The topological polar surface area (TPSA) is 58.1 Å². The van der Waals surface area contributed by atoms with Crippen LogP contribution in [0.5, 0.6) is 0 Å². The average molecular weight is 310 g/mol. The zero-order valence-corrected chi connectivity index (χ0v) is 13.6. The predicted molar refractivity (Wildman–Crippen MR) is 89.1 cm³/mol. The number of nitrogens with one attached hydrogen (secondary N) is 1. The summed E-state index contributed by atoms with van der Waals surface area (Å²) in [6, 6.07) is 8.86. The first-order chi connectivity index (χ1) is 11.1. The molecule has 3 rings (SSSR count). The summed E-state index contributed by atoms with van der Waals surface area (Å²) in [5, 5.41) is 2.96. The highest BCUT2D eigenvalue weighted by Gasteiger charge is 2.21. The molecule has 1 aliphatic rings. The van der Waals surface area contributed by atoms with Crippen molar-refractivity contribution in [2.24, 2.45) is 0 Å². The van der Waals surface area contributed by atoms with Crippen LogP contribution in [-0.4, -0.2) is 39.9 Å². The summed E-state index contributed by atoms with van der Waals surface area (Å²) in [6.45, 7) is 6.58. The normalized spacial score (nSPS) is 15.7. The van der Waals surface area contributed by atoms with Gasteiger partial charge in [-0.2, -0.15) is 0 Å². The Bertz CT molecular complexity index is 684. The summed E-state index contributed by atoms with van der Waals surface area (Å²) in [5.74, 6) is -0.165. The van der Waals surface area contributed by atoms with Gasteiger partial charge in [0, 0.05) is 31.9 Å². The number of amides is 1. The summed E-state index contributed by atoms with van der Waals surface area (Å²) in [7, 11) is 0. The minimum absolute atomic E-state index is 0.165. The highest BCUT2D eigenvalue weighted by Crippen LogP contribution is 2.19. The van der Waals surface area contributed by atoms with Crippen molar-refractivity contribution in [3.63, 3.8) is 0 Å². The Morgan fingerprint density at radius 2 is 2.04 bits per heavy atom. The molecule has 1 atom stereocenters. The maximum Gasteiger partial charge on any atom is 0.271 e. The number of benzene rings is 1. The Balaban J connectivity index is 1.55. The van der Waals surface area contributed by atoms with Crippen molar-refractivity contribution in [2.75, 3.05) is 13.1 Å². The molecule has 0 aliphatic carbocycles. The summed E-state index contributed by atoms with van der Waals surface area (Å²) in [6.07, 6.45) is 4.20. The van der Waals surface area contributed by atoms with Crippen molar-refractivity contribution in [3.05, 3.63) is 59.2 Å². The molecule has 5 nitrogen and oxygen atoms in total. The van der Waals surface area contributed by atoms with Crippen molar-refractivity contribution in [1.29, 1.82) is 0 Å². The van der Waals surface area contributed by atoms with Crippen LogP contribution in [-0.2, 0) is 13.0 Å². The first-order valence-corrected chi connectivity index (χ1v) is 8.01. The average Bonchev–Trinajstić information content (AvgIpc) is 2.59. The molecule has 2 aromatic rings. The number of aryl methyl sites for hydroxylation is 1. The van der Waals surface area contributed by atoms with Crippen molar-refractivity contribution in [3.8, 4) is 0 Å². The van der Waals surface area contributed by atoms with Crippen LogP contribution in [0.3, 0.4) is 0 Å². The molecule has 1 aliphatic heterocycles. The lowest BCUT2D eigenvalue weighted by molar-refractivity contribution is 0.0927. The Kier molecular flexibility index (Phi) is 4.67. The SMILES string of the molecule is Cc1cnc(C(=O)NC[C@H](C)N2CCc3ccccc3C2)cn1. The quantitative estimate of drug-likeness (QED) is 0.938. The fourth-order valence-electron chi connectivity index (χ4n) is 2.86. The minimum atomic E-state index is -0.165. The molecule has 1 aromatic carbocycles. The van der Waals surface area contributed by atoms with Crippen LogP contribution in [0.4, 0.5) is 0 Å². The molecule has 0 bridgehead atoms. The molecule has 23 heavy (non-hydrogen) atoms. The smallest absolute Gasteiger partial charge is 0.271 e. The summed E-state index contributed by atoms with van der Waals surface area (Å²) < 4.78 is 0. The first-order valence-electron chi connectivity index (χ1n) is 8.01. The molecule has 1 N–H and O–H groups in total. The van der Waals surface area contributed by atoms with Crippen LogP contribution >= 0.6 is 0 Å². The van der Waals surface area contributed by atoms with E-state index in [4.69, 9.17) is 0 Å². The minimum Gasteiger partial charge on any atom is -0.349 e. The second-order valence-electron chi connectivity index (χ2n) is 6.09. The molecule has 5 heteroatoms. The third kappa shape index (κ3) is 3.74. The van der Waals surface area contributed by atoms with Gasteiger partial charge in [0.15, 0.2) is 0 Å². The number of hydrogen-bond donors (Lipinski definition) is 1. The maximum atomic E-state index is 12.1. The molecule has 120 valence electrons. The lowest BCUT2D eigenvalue weighted by Gasteiger charge is -2.33.